The fraction of sp³-hybridized carbons (Fsp3) is 0.471. The number of benzene rings is 3. The first-order valence-electron chi connectivity index (χ1n) is 15.8. The smallest absolute Gasteiger partial charge is 0.328 e. The number of likely N-dealkylation sites (tertiary alicyclic amines) is 1. The number of morpholine rings is 1. The molecule has 3 amide bonds. The Morgan fingerprint density at radius 1 is 1.02 bits per heavy atom. The molecule has 244 valence electrons. The highest BCUT2D eigenvalue weighted by molar-refractivity contribution is 9.13. The third-order valence-electron chi connectivity index (χ3n) is 10.3. The number of hydrogen-bond donors (Lipinski definition) is 1. The molecule has 46 heavy (non-hydrogen) atoms. The predicted octanol–water partition coefficient (Wildman–Crippen LogP) is 5.06. The minimum atomic E-state index is -0.946. The second-order valence-electron chi connectivity index (χ2n) is 12.9. The summed E-state index contributed by atoms with van der Waals surface area (Å²) in [5.74, 6) is 0.289. The van der Waals surface area contributed by atoms with E-state index in [1.807, 2.05) is 31.1 Å². The number of amides is 3. The van der Waals surface area contributed by atoms with E-state index in [1.54, 1.807) is 0 Å². The molecule has 4 saturated heterocycles. The standard InChI is InChI=1S/C34H39Br2N5O5/c1-37(2)26-9-8-25(23-6-4-5-7-24(23)26)27-17-22-19-39(18-21-16-28(45-3)31(42)30(36)29(21)35)20-34(22)32(43)40(33(44)41(27)34)11-10-38-12-14-46-15-13-38/h4-9,16,22,27,42H,10-15,17-20H2,1-3H3/t22-,27-,34?/m1/s1. The fourth-order valence-corrected chi connectivity index (χ4v) is 8.96. The normalized spacial score (nSPS) is 25.1. The topological polar surface area (TPSA) is 89.0 Å². The Morgan fingerprint density at radius 3 is 2.48 bits per heavy atom. The van der Waals surface area contributed by atoms with Gasteiger partial charge in [-0.2, -0.15) is 0 Å². The maximum Gasteiger partial charge on any atom is 0.328 e. The van der Waals surface area contributed by atoms with Crippen LogP contribution in [0.25, 0.3) is 10.8 Å². The van der Waals surface area contributed by atoms with Crippen molar-refractivity contribution in [2.45, 2.75) is 24.5 Å². The number of carbonyl (C=O) groups excluding carboxylic acids is 2. The Morgan fingerprint density at radius 2 is 1.76 bits per heavy atom. The first-order chi connectivity index (χ1) is 22.1. The van der Waals surface area contributed by atoms with E-state index in [9.17, 15) is 14.7 Å². The number of nitrogens with zero attached hydrogens (tertiary/aromatic N) is 5. The van der Waals surface area contributed by atoms with E-state index in [2.05, 4.69) is 76.9 Å². The van der Waals surface area contributed by atoms with Gasteiger partial charge in [0.15, 0.2) is 11.5 Å². The zero-order chi connectivity index (χ0) is 32.3. The van der Waals surface area contributed by atoms with Gasteiger partial charge in [-0.1, -0.05) is 30.3 Å². The average molecular weight is 758 g/mol. The van der Waals surface area contributed by atoms with E-state index in [0.717, 1.165) is 45.1 Å². The van der Waals surface area contributed by atoms with Crippen molar-refractivity contribution in [2.75, 3.05) is 78.6 Å². The van der Waals surface area contributed by atoms with Crippen LogP contribution in [0.5, 0.6) is 11.5 Å². The lowest BCUT2D eigenvalue weighted by Crippen LogP contribution is -2.51. The number of anilines is 1. The van der Waals surface area contributed by atoms with Crippen molar-refractivity contribution in [1.29, 1.82) is 0 Å². The summed E-state index contributed by atoms with van der Waals surface area (Å²) in [4.78, 5) is 39.2. The van der Waals surface area contributed by atoms with Gasteiger partial charge in [-0.15, -0.1) is 0 Å². The number of phenolic OH excluding ortho intramolecular Hbond substituents is 1. The van der Waals surface area contributed by atoms with Crippen molar-refractivity contribution in [1.82, 2.24) is 19.6 Å². The number of urea groups is 1. The summed E-state index contributed by atoms with van der Waals surface area (Å²) in [5, 5.41) is 12.7. The summed E-state index contributed by atoms with van der Waals surface area (Å²) < 4.78 is 12.2. The number of imide groups is 1. The minimum absolute atomic E-state index is 0.0315. The number of aromatic hydroxyl groups is 1. The average Bonchev–Trinajstić information content (AvgIpc) is 3.64. The van der Waals surface area contributed by atoms with Crippen molar-refractivity contribution < 1.29 is 24.2 Å². The lowest BCUT2D eigenvalue weighted by Gasteiger charge is -2.33. The molecule has 3 aromatic carbocycles. The SMILES string of the molecule is COc1cc(CN2C[C@H]3C[C@H](c4ccc(N(C)C)c5ccccc45)N4C(=O)N(CCN5CCOCC5)C(=O)C34C2)c(Br)c(Br)c1O. The van der Waals surface area contributed by atoms with Gasteiger partial charge in [-0.25, -0.2) is 4.79 Å². The number of ether oxygens (including phenoxy) is 2. The van der Waals surface area contributed by atoms with Gasteiger partial charge in [0.05, 0.1) is 30.8 Å². The first-order valence-corrected chi connectivity index (χ1v) is 17.3. The zero-order valence-electron chi connectivity index (χ0n) is 26.3. The van der Waals surface area contributed by atoms with Gasteiger partial charge in [0.1, 0.15) is 5.54 Å². The van der Waals surface area contributed by atoms with Crippen molar-refractivity contribution in [3.8, 4) is 11.5 Å². The quantitative estimate of drug-likeness (QED) is 0.320. The van der Waals surface area contributed by atoms with E-state index in [1.165, 1.54) is 12.0 Å². The van der Waals surface area contributed by atoms with Crippen LogP contribution in [-0.2, 0) is 16.1 Å². The third kappa shape index (κ3) is 4.99. The molecule has 10 nitrogen and oxygen atoms in total. The highest BCUT2D eigenvalue weighted by Crippen LogP contribution is 2.56. The summed E-state index contributed by atoms with van der Waals surface area (Å²) in [5.41, 5.74) is 2.19. The van der Waals surface area contributed by atoms with Crippen LogP contribution in [0.3, 0.4) is 0 Å². The molecule has 0 aliphatic carbocycles. The van der Waals surface area contributed by atoms with Crippen LogP contribution in [-0.4, -0.2) is 116 Å². The molecule has 4 aliphatic rings. The van der Waals surface area contributed by atoms with E-state index in [0.29, 0.717) is 62.6 Å². The van der Waals surface area contributed by atoms with Crippen LogP contribution in [0.2, 0.25) is 0 Å². The number of hydrogen-bond acceptors (Lipinski definition) is 8. The maximum atomic E-state index is 14.6. The van der Waals surface area contributed by atoms with E-state index in [-0.39, 0.29) is 29.6 Å². The zero-order valence-corrected chi connectivity index (χ0v) is 29.5. The Kier molecular flexibility index (Phi) is 8.46. The molecule has 12 heteroatoms. The van der Waals surface area contributed by atoms with Crippen molar-refractivity contribution in [3.63, 3.8) is 0 Å². The van der Waals surface area contributed by atoms with Gasteiger partial charge in [-0.05, 0) is 66.9 Å². The van der Waals surface area contributed by atoms with Crippen LogP contribution in [0, 0.1) is 5.92 Å². The van der Waals surface area contributed by atoms with E-state index < -0.39 is 5.54 Å². The van der Waals surface area contributed by atoms with Crippen LogP contribution >= 0.6 is 31.9 Å². The molecule has 1 N–H and O–H groups in total. The highest BCUT2D eigenvalue weighted by atomic mass is 79.9. The minimum Gasteiger partial charge on any atom is -0.503 e. The lowest BCUT2D eigenvalue weighted by atomic mass is 9.87. The van der Waals surface area contributed by atoms with Gasteiger partial charge in [-0.3, -0.25) is 19.5 Å². The number of methoxy groups -OCH3 is 1. The molecule has 0 saturated carbocycles. The molecule has 4 aliphatic heterocycles. The Hall–Kier alpha value is -2.90. The molecule has 0 aromatic heterocycles. The molecule has 1 spiro atoms. The fourth-order valence-electron chi connectivity index (χ4n) is 8.08. The van der Waals surface area contributed by atoms with Crippen molar-refractivity contribution in [3.05, 3.63) is 62.5 Å². The Labute approximate surface area is 286 Å². The third-order valence-corrected chi connectivity index (χ3v) is 12.5. The monoisotopic (exact) mass is 755 g/mol. The molecular formula is C34H39Br2N5O5. The molecule has 0 bridgehead atoms. The molecule has 4 fully saturated rings. The summed E-state index contributed by atoms with van der Waals surface area (Å²) in [6.45, 7) is 5.58. The van der Waals surface area contributed by atoms with Crippen LogP contribution in [0.1, 0.15) is 23.6 Å². The molecular weight excluding hydrogens is 718 g/mol. The Bertz CT molecular complexity index is 1700. The van der Waals surface area contributed by atoms with Crippen LogP contribution in [0.4, 0.5) is 10.5 Å². The van der Waals surface area contributed by atoms with Gasteiger partial charge < -0.3 is 24.4 Å². The number of halogens is 2. The van der Waals surface area contributed by atoms with Crippen LogP contribution < -0.4 is 9.64 Å². The molecule has 1 unspecified atom stereocenters. The Balaban J connectivity index is 1.25. The van der Waals surface area contributed by atoms with Gasteiger partial charge >= 0.3 is 6.03 Å². The van der Waals surface area contributed by atoms with Gasteiger partial charge in [0.2, 0.25) is 0 Å². The molecule has 4 heterocycles. The molecule has 7 rings (SSSR count). The highest BCUT2D eigenvalue weighted by Gasteiger charge is 2.70. The molecule has 0 radical (unpaired) electrons. The summed E-state index contributed by atoms with van der Waals surface area (Å²) >= 11 is 7.12. The number of fused-ring (bicyclic) bond motifs is 1. The second-order valence-corrected chi connectivity index (χ2v) is 14.5. The predicted molar refractivity (Wildman–Crippen MR) is 183 cm³/mol. The maximum absolute atomic E-state index is 14.6. The van der Waals surface area contributed by atoms with Gasteiger partial charge in [0.25, 0.3) is 5.91 Å². The van der Waals surface area contributed by atoms with E-state index >= 15 is 0 Å². The van der Waals surface area contributed by atoms with Crippen molar-refractivity contribution in [2.24, 2.45) is 5.92 Å². The lowest BCUT2D eigenvalue weighted by molar-refractivity contribution is -0.133. The number of phenols is 1. The molecule has 3 aromatic rings. The number of carbonyl (C=O) groups is 2. The van der Waals surface area contributed by atoms with Crippen molar-refractivity contribution >= 4 is 60.3 Å². The number of rotatable bonds is 8. The van der Waals surface area contributed by atoms with Gasteiger partial charge in [0, 0.05) is 81.4 Å². The summed E-state index contributed by atoms with van der Waals surface area (Å²) in [6.07, 6.45) is 0.709. The van der Waals surface area contributed by atoms with E-state index in [4.69, 9.17) is 9.47 Å². The molecule has 3 atom stereocenters. The second kappa shape index (κ2) is 12.3. The summed E-state index contributed by atoms with van der Waals surface area (Å²) in [6, 6.07) is 14.1. The largest absolute Gasteiger partial charge is 0.503 e. The summed E-state index contributed by atoms with van der Waals surface area (Å²) in [7, 11) is 5.61. The van der Waals surface area contributed by atoms with Crippen LogP contribution in [0.15, 0.2) is 51.4 Å². The first kappa shape index (κ1) is 31.7.